The van der Waals surface area contributed by atoms with Crippen LogP contribution >= 0.6 is 0 Å². The molecule has 0 bridgehead atoms. The highest BCUT2D eigenvalue weighted by Gasteiger charge is 2.18. The summed E-state index contributed by atoms with van der Waals surface area (Å²) in [5, 5.41) is 0. The fourth-order valence-electron chi connectivity index (χ4n) is 2.16. The Kier molecular flexibility index (Phi) is 2.16. The van der Waals surface area contributed by atoms with E-state index in [-0.39, 0.29) is 0 Å². The lowest BCUT2D eigenvalue weighted by Gasteiger charge is -2.14. The summed E-state index contributed by atoms with van der Waals surface area (Å²) in [5.41, 5.74) is 2.82. The number of rotatable bonds is 1. The Labute approximate surface area is 74.7 Å². The van der Waals surface area contributed by atoms with Crippen LogP contribution in [0, 0.1) is 5.92 Å². The maximum absolute atomic E-state index is 3.94. The SMILES string of the molecule is C=C1C=CC(C2CCCC2)=CC1. The maximum atomic E-state index is 3.94. The molecule has 0 spiro atoms. The molecular weight excluding hydrogens is 144 g/mol. The van der Waals surface area contributed by atoms with Crippen LogP contribution in [0.3, 0.4) is 0 Å². The topological polar surface area (TPSA) is 0 Å². The van der Waals surface area contributed by atoms with Gasteiger partial charge in [-0.1, -0.05) is 43.2 Å². The van der Waals surface area contributed by atoms with Crippen molar-refractivity contribution in [2.24, 2.45) is 5.92 Å². The van der Waals surface area contributed by atoms with Crippen molar-refractivity contribution < 1.29 is 0 Å². The van der Waals surface area contributed by atoms with Crippen molar-refractivity contribution >= 4 is 0 Å². The molecular formula is C12H16. The van der Waals surface area contributed by atoms with Crippen LogP contribution < -0.4 is 0 Å². The Morgan fingerprint density at radius 1 is 1.17 bits per heavy atom. The van der Waals surface area contributed by atoms with Gasteiger partial charge in [-0.25, -0.2) is 0 Å². The second-order valence-electron chi connectivity index (χ2n) is 3.88. The molecule has 0 amide bonds. The Morgan fingerprint density at radius 2 is 1.92 bits per heavy atom. The van der Waals surface area contributed by atoms with Crippen molar-refractivity contribution in [3.63, 3.8) is 0 Å². The average molecular weight is 160 g/mol. The molecule has 0 saturated heterocycles. The van der Waals surface area contributed by atoms with Crippen LogP contribution in [0.25, 0.3) is 0 Å². The minimum absolute atomic E-state index is 0.870. The van der Waals surface area contributed by atoms with Crippen molar-refractivity contribution in [2.45, 2.75) is 32.1 Å². The molecule has 0 aromatic carbocycles. The first-order chi connectivity index (χ1) is 5.86. The van der Waals surface area contributed by atoms with Gasteiger partial charge in [-0.3, -0.25) is 0 Å². The van der Waals surface area contributed by atoms with Gasteiger partial charge in [0.05, 0.1) is 0 Å². The summed E-state index contributed by atoms with van der Waals surface area (Å²) in [6.45, 7) is 3.94. The second kappa shape index (κ2) is 3.30. The first kappa shape index (κ1) is 7.85. The van der Waals surface area contributed by atoms with Gasteiger partial charge < -0.3 is 0 Å². The van der Waals surface area contributed by atoms with Crippen LogP contribution in [0.1, 0.15) is 32.1 Å². The molecule has 12 heavy (non-hydrogen) atoms. The fraction of sp³-hybridized carbons (Fsp3) is 0.500. The quantitative estimate of drug-likeness (QED) is 0.549. The lowest BCUT2D eigenvalue weighted by atomic mass is 9.92. The van der Waals surface area contributed by atoms with Crippen LogP contribution in [0.4, 0.5) is 0 Å². The van der Waals surface area contributed by atoms with E-state index in [1.807, 2.05) is 0 Å². The molecule has 1 fully saturated rings. The zero-order valence-electron chi connectivity index (χ0n) is 7.55. The van der Waals surface area contributed by atoms with Crippen LogP contribution in [0.5, 0.6) is 0 Å². The molecule has 0 N–H and O–H groups in total. The third kappa shape index (κ3) is 1.52. The summed E-state index contributed by atoms with van der Waals surface area (Å²) >= 11 is 0. The molecule has 0 aromatic heterocycles. The van der Waals surface area contributed by atoms with Crippen LogP contribution in [-0.2, 0) is 0 Å². The predicted octanol–water partition coefficient (Wildman–Crippen LogP) is 3.62. The van der Waals surface area contributed by atoms with Crippen molar-refractivity contribution in [1.82, 2.24) is 0 Å². The largest absolute Gasteiger partial charge is 0.0955 e. The normalized spacial score (nSPS) is 24.7. The maximum Gasteiger partial charge on any atom is -0.00974 e. The van der Waals surface area contributed by atoms with Crippen molar-refractivity contribution in [3.8, 4) is 0 Å². The number of hydrogen-bond donors (Lipinski definition) is 0. The van der Waals surface area contributed by atoms with Gasteiger partial charge in [0, 0.05) is 0 Å². The molecule has 0 nitrogen and oxygen atoms in total. The minimum Gasteiger partial charge on any atom is -0.0955 e. The average Bonchev–Trinajstić information content (AvgIpc) is 2.58. The summed E-state index contributed by atoms with van der Waals surface area (Å²) in [6.07, 6.45) is 13.5. The molecule has 0 radical (unpaired) electrons. The Bertz CT molecular complexity index is 237. The molecule has 0 aromatic rings. The standard InChI is InChI=1S/C12H16/c1-10-6-8-12(9-7-10)11-4-2-3-5-11/h6,8-9,11H,1-5,7H2. The molecule has 64 valence electrons. The third-order valence-electron chi connectivity index (χ3n) is 2.94. The molecule has 0 unspecified atom stereocenters. The monoisotopic (exact) mass is 160 g/mol. The van der Waals surface area contributed by atoms with Crippen molar-refractivity contribution in [3.05, 3.63) is 36.0 Å². The lowest BCUT2D eigenvalue weighted by molar-refractivity contribution is 0.653. The summed E-state index contributed by atoms with van der Waals surface area (Å²) in [7, 11) is 0. The minimum atomic E-state index is 0.870. The van der Waals surface area contributed by atoms with Crippen LogP contribution in [0.2, 0.25) is 0 Å². The van der Waals surface area contributed by atoms with E-state index < -0.39 is 0 Å². The Hall–Kier alpha value is -0.780. The van der Waals surface area contributed by atoms with Gasteiger partial charge in [0.2, 0.25) is 0 Å². The van der Waals surface area contributed by atoms with Gasteiger partial charge >= 0.3 is 0 Å². The van der Waals surface area contributed by atoms with E-state index in [0.29, 0.717) is 0 Å². The molecule has 0 heterocycles. The molecule has 2 aliphatic carbocycles. The van der Waals surface area contributed by atoms with E-state index in [1.165, 1.54) is 31.3 Å². The molecule has 0 aliphatic heterocycles. The van der Waals surface area contributed by atoms with Gasteiger partial charge in [-0.15, -0.1) is 0 Å². The second-order valence-corrected chi connectivity index (χ2v) is 3.88. The van der Waals surface area contributed by atoms with Crippen molar-refractivity contribution in [1.29, 1.82) is 0 Å². The Balaban J connectivity index is 2.05. The highest BCUT2D eigenvalue weighted by molar-refractivity contribution is 5.35. The van der Waals surface area contributed by atoms with E-state index in [2.05, 4.69) is 24.8 Å². The third-order valence-corrected chi connectivity index (χ3v) is 2.94. The molecule has 2 aliphatic rings. The highest BCUT2D eigenvalue weighted by Crippen LogP contribution is 2.33. The van der Waals surface area contributed by atoms with Gasteiger partial charge in [-0.05, 0) is 30.8 Å². The molecule has 0 atom stereocenters. The number of hydrogen-bond acceptors (Lipinski definition) is 0. The highest BCUT2D eigenvalue weighted by atomic mass is 14.2. The summed E-state index contributed by atoms with van der Waals surface area (Å²) < 4.78 is 0. The molecule has 2 rings (SSSR count). The van der Waals surface area contributed by atoms with Crippen LogP contribution in [0.15, 0.2) is 36.0 Å². The fourth-order valence-corrected chi connectivity index (χ4v) is 2.16. The van der Waals surface area contributed by atoms with E-state index in [0.717, 1.165) is 12.3 Å². The zero-order chi connectivity index (χ0) is 8.39. The molecule has 0 heteroatoms. The predicted molar refractivity (Wildman–Crippen MR) is 52.9 cm³/mol. The van der Waals surface area contributed by atoms with E-state index >= 15 is 0 Å². The van der Waals surface area contributed by atoms with E-state index in [1.54, 1.807) is 5.57 Å². The lowest BCUT2D eigenvalue weighted by Crippen LogP contribution is -1.98. The van der Waals surface area contributed by atoms with E-state index in [4.69, 9.17) is 0 Å². The van der Waals surface area contributed by atoms with Gasteiger partial charge in [0.25, 0.3) is 0 Å². The van der Waals surface area contributed by atoms with Crippen molar-refractivity contribution in [2.75, 3.05) is 0 Å². The zero-order valence-corrected chi connectivity index (χ0v) is 7.55. The van der Waals surface area contributed by atoms with Gasteiger partial charge in [0.15, 0.2) is 0 Å². The van der Waals surface area contributed by atoms with Gasteiger partial charge in [-0.2, -0.15) is 0 Å². The first-order valence-electron chi connectivity index (χ1n) is 4.92. The number of allylic oxidation sites excluding steroid dienone is 5. The summed E-state index contributed by atoms with van der Waals surface area (Å²) in [6, 6.07) is 0. The first-order valence-corrected chi connectivity index (χ1v) is 4.92. The van der Waals surface area contributed by atoms with Gasteiger partial charge in [0.1, 0.15) is 0 Å². The summed E-state index contributed by atoms with van der Waals surface area (Å²) in [4.78, 5) is 0. The van der Waals surface area contributed by atoms with Crippen LogP contribution in [-0.4, -0.2) is 0 Å². The smallest absolute Gasteiger partial charge is 0.00974 e. The Morgan fingerprint density at radius 3 is 2.50 bits per heavy atom. The molecule has 1 saturated carbocycles. The van der Waals surface area contributed by atoms with E-state index in [9.17, 15) is 0 Å². The summed E-state index contributed by atoms with van der Waals surface area (Å²) in [5.74, 6) is 0.870.